The fourth-order valence-electron chi connectivity index (χ4n) is 0.919. The van der Waals surface area contributed by atoms with Crippen LogP contribution in [-0.4, -0.2) is 54.1 Å². The van der Waals surface area contributed by atoms with Gasteiger partial charge in [-0.2, -0.15) is 0 Å². The van der Waals surface area contributed by atoms with Crippen LogP contribution in [0.15, 0.2) is 0 Å². The van der Waals surface area contributed by atoms with Crippen LogP contribution in [0.1, 0.15) is 13.8 Å². The molecule has 0 fully saturated rings. The number of nitrogens with one attached hydrogen (secondary N) is 2. The number of carbonyl (C=O) groups is 2. The van der Waals surface area contributed by atoms with Crippen LogP contribution in [0.5, 0.6) is 0 Å². The summed E-state index contributed by atoms with van der Waals surface area (Å²) in [6, 6.07) is -0.535. The van der Waals surface area contributed by atoms with Gasteiger partial charge in [0.2, 0.25) is 0 Å². The first-order valence-corrected chi connectivity index (χ1v) is 5.01. The lowest BCUT2D eigenvalue weighted by Gasteiger charge is -2.13. The molecular weight excluding hydrogens is 216 g/mol. The lowest BCUT2D eigenvalue weighted by Crippen LogP contribution is -2.44. The predicted octanol–water partition coefficient (Wildman–Crippen LogP) is -0.844. The number of carboxylic acids is 1. The van der Waals surface area contributed by atoms with Crippen LogP contribution < -0.4 is 10.6 Å². The summed E-state index contributed by atoms with van der Waals surface area (Å²) in [7, 11) is 0. The normalized spacial score (nSPS) is 13.9. The number of hydrogen-bond acceptors (Lipinski definition) is 4. The third-order valence-electron chi connectivity index (χ3n) is 1.74. The van der Waals surface area contributed by atoms with Gasteiger partial charge in [-0.3, -0.25) is 0 Å². The number of amides is 2. The second-order valence-electron chi connectivity index (χ2n) is 3.21. The van der Waals surface area contributed by atoms with Crippen molar-refractivity contribution in [1.82, 2.24) is 10.6 Å². The second kappa shape index (κ2) is 7.89. The van der Waals surface area contributed by atoms with E-state index in [9.17, 15) is 9.59 Å². The molecule has 0 saturated heterocycles. The second-order valence-corrected chi connectivity index (χ2v) is 3.21. The van der Waals surface area contributed by atoms with Gasteiger partial charge in [0.25, 0.3) is 0 Å². The molecule has 0 saturated carbocycles. The first-order valence-electron chi connectivity index (χ1n) is 5.01. The van der Waals surface area contributed by atoms with Crippen molar-refractivity contribution in [3.63, 3.8) is 0 Å². The van der Waals surface area contributed by atoms with Gasteiger partial charge in [-0.15, -0.1) is 0 Å². The number of ether oxygens (including phenoxy) is 1. The third kappa shape index (κ3) is 7.02. The number of carboxylic acid groups (broad SMARTS) is 1. The van der Waals surface area contributed by atoms with Gasteiger partial charge >= 0.3 is 12.0 Å². The monoisotopic (exact) mass is 234 g/mol. The molecule has 0 aromatic carbocycles. The molecule has 0 aliphatic rings. The molecule has 0 spiro atoms. The van der Waals surface area contributed by atoms with Gasteiger partial charge in [-0.1, -0.05) is 0 Å². The maximum atomic E-state index is 11.1. The molecule has 0 bridgehead atoms. The fourth-order valence-corrected chi connectivity index (χ4v) is 0.919. The van der Waals surface area contributed by atoms with Crippen molar-refractivity contribution in [2.45, 2.75) is 26.1 Å². The Morgan fingerprint density at radius 2 is 1.88 bits per heavy atom. The van der Waals surface area contributed by atoms with Crippen molar-refractivity contribution < 1.29 is 24.5 Å². The fraction of sp³-hybridized carbons (Fsp3) is 0.778. The quantitative estimate of drug-likeness (QED) is 0.459. The minimum absolute atomic E-state index is 0.111. The van der Waals surface area contributed by atoms with Gasteiger partial charge < -0.3 is 25.6 Å². The topological polar surface area (TPSA) is 108 Å². The first-order chi connectivity index (χ1) is 7.47. The molecule has 2 atom stereocenters. The Morgan fingerprint density at radius 1 is 1.31 bits per heavy atom. The first kappa shape index (κ1) is 14.7. The molecule has 94 valence electrons. The zero-order chi connectivity index (χ0) is 12.6. The van der Waals surface area contributed by atoms with Gasteiger partial charge in [0.15, 0.2) is 6.10 Å². The summed E-state index contributed by atoms with van der Waals surface area (Å²) in [5.41, 5.74) is 0. The van der Waals surface area contributed by atoms with Crippen molar-refractivity contribution in [3.05, 3.63) is 0 Å². The molecule has 2 unspecified atom stereocenters. The number of aliphatic carboxylic acids is 1. The molecule has 0 aliphatic carbocycles. The summed E-state index contributed by atoms with van der Waals surface area (Å²) >= 11 is 0. The van der Waals surface area contributed by atoms with E-state index in [-0.39, 0.29) is 12.6 Å². The van der Waals surface area contributed by atoms with Crippen LogP contribution in [0.25, 0.3) is 0 Å². The number of aliphatic hydroxyl groups is 1. The van der Waals surface area contributed by atoms with Crippen LogP contribution in [0.2, 0.25) is 0 Å². The average Bonchev–Trinajstić information content (AvgIpc) is 2.23. The molecule has 7 nitrogen and oxygen atoms in total. The molecule has 0 aliphatic heterocycles. The smallest absolute Gasteiger partial charge is 0.334 e. The highest BCUT2D eigenvalue weighted by Gasteiger charge is 2.14. The van der Waals surface area contributed by atoms with Gasteiger partial charge in [-0.05, 0) is 13.8 Å². The van der Waals surface area contributed by atoms with Crippen molar-refractivity contribution in [1.29, 1.82) is 0 Å². The van der Waals surface area contributed by atoms with E-state index < -0.39 is 18.1 Å². The minimum Gasteiger partial charge on any atom is -0.479 e. The average molecular weight is 234 g/mol. The Balaban J connectivity index is 3.63. The predicted molar refractivity (Wildman–Crippen MR) is 56.1 cm³/mol. The zero-order valence-electron chi connectivity index (χ0n) is 9.40. The largest absolute Gasteiger partial charge is 0.479 e. The summed E-state index contributed by atoms with van der Waals surface area (Å²) in [5, 5.41) is 21.9. The minimum atomic E-state index is -1.59. The highest BCUT2D eigenvalue weighted by atomic mass is 16.5. The van der Waals surface area contributed by atoms with Crippen LogP contribution in [0.3, 0.4) is 0 Å². The number of aliphatic hydroxyl groups excluding tert-OH is 1. The van der Waals surface area contributed by atoms with E-state index in [1.807, 2.05) is 6.92 Å². The molecule has 0 aromatic rings. The summed E-state index contributed by atoms with van der Waals surface area (Å²) in [6.45, 7) is 4.20. The third-order valence-corrected chi connectivity index (χ3v) is 1.74. The lowest BCUT2D eigenvalue weighted by atomic mass is 10.3. The molecule has 7 heteroatoms. The van der Waals surface area contributed by atoms with Crippen LogP contribution >= 0.6 is 0 Å². The van der Waals surface area contributed by atoms with Crippen molar-refractivity contribution in [2.24, 2.45) is 0 Å². The molecule has 0 radical (unpaired) electrons. The van der Waals surface area contributed by atoms with Crippen molar-refractivity contribution in [2.75, 3.05) is 19.7 Å². The summed E-state index contributed by atoms with van der Waals surface area (Å²) < 4.78 is 5.17. The van der Waals surface area contributed by atoms with Crippen molar-refractivity contribution in [3.8, 4) is 0 Å². The number of carbonyl (C=O) groups excluding carboxylic acids is 1. The van der Waals surface area contributed by atoms with E-state index in [1.165, 1.54) is 0 Å². The maximum Gasteiger partial charge on any atom is 0.334 e. The molecule has 0 rings (SSSR count). The Labute approximate surface area is 93.8 Å². The Morgan fingerprint density at radius 3 is 2.38 bits per heavy atom. The maximum absolute atomic E-state index is 11.1. The van der Waals surface area contributed by atoms with E-state index >= 15 is 0 Å². The highest BCUT2D eigenvalue weighted by molar-refractivity contribution is 5.76. The molecule has 16 heavy (non-hydrogen) atoms. The molecule has 0 heterocycles. The van der Waals surface area contributed by atoms with Gasteiger partial charge in [0, 0.05) is 13.2 Å². The summed E-state index contributed by atoms with van der Waals surface area (Å²) in [5.74, 6) is -1.37. The van der Waals surface area contributed by atoms with E-state index in [0.29, 0.717) is 13.2 Å². The standard InChI is InChI=1S/C9H18N2O5/c1-3-16-6(2)4-10-9(15)11-5-7(12)8(13)14/h6-7,12H,3-5H2,1-2H3,(H,13,14)(H2,10,11,15). The lowest BCUT2D eigenvalue weighted by molar-refractivity contribution is -0.146. The molecule has 4 N–H and O–H groups in total. The highest BCUT2D eigenvalue weighted by Crippen LogP contribution is 1.87. The van der Waals surface area contributed by atoms with E-state index in [2.05, 4.69) is 10.6 Å². The molecule has 2 amide bonds. The Bertz CT molecular complexity index is 234. The van der Waals surface area contributed by atoms with Crippen LogP contribution in [-0.2, 0) is 9.53 Å². The SMILES string of the molecule is CCOC(C)CNC(=O)NCC(O)C(=O)O. The Kier molecular flexibility index (Phi) is 7.23. The van der Waals surface area contributed by atoms with Crippen LogP contribution in [0, 0.1) is 0 Å². The van der Waals surface area contributed by atoms with E-state index in [4.69, 9.17) is 14.9 Å². The van der Waals surface area contributed by atoms with E-state index in [0.717, 1.165) is 0 Å². The summed E-state index contributed by atoms with van der Waals surface area (Å²) in [4.78, 5) is 21.3. The number of rotatable bonds is 7. The Hall–Kier alpha value is -1.34. The zero-order valence-corrected chi connectivity index (χ0v) is 9.40. The van der Waals surface area contributed by atoms with Gasteiger partial charge in [-0.25, -0.2) is 9.59 Å². The number of hydrogen-bond donors (Lipinski definition) is 4. The van der Waals surface area contributed by atoms with Gasteiger partial charge in [0.1, 0.15) is 0 Å². The molecular formula is C9H18N2O5. The van der Waals surface area contributed by atoms with Gasteiger partial charge in [0.05, 0.1) is 12.6 Å². The van der Waals surface area contributed by atoms with E-state index in [1.54, 1.807) is 6.92 Å². The van der Waals surface area contributed by atoms with Crippen LogP contribution in [0.4, 0.5) is 4.79 Å². The number of urea groups is 1. The molecule has 0 aromatic heterocycles. The summed E-state index contributed by atoms with van der Waals surface area (Å²) in [6.07, 6.45) is -1.70. The van der Waals surface area contributed by atoms with Crippen molar-refractivity contribution >= 4 is 12.0 Å².